The molecule has 0 saturated carbocycles. The summed E-state index contributed by atoms with van der Waals surface area (Å²) < 4.78 is 7.15. The van der Waals surface area contributed by atoms with E-state index in [-0.39, 0.29) is 12.3 Å². The lowest BCUT2D eigenvalue weighted by molar-refractivity contribution is -0.384. The van der Waals surface area contributed by atoms with Crippen molar-refractivity contribution < 1.29 is 14.5 Å². The average molecular weight is 378 g/mol. The molecular weight excluding hydrogens is 360 g/mol. The fourth-order valence-corrected chi connectivity index (χ4v) is 3.54. The van der Waals surface area contributed by atoms with Crippen molar-refractivity contribution in [3.8, 4) is 0 Å². The second-order valence-corrected chi connectivity index (χ2v) is 6.41. The van der Waals surface area contributed by atoms with Gasteiger partial charge in [-0.2, -0.15) is 0 Å². The first-order chi connectivity index (χ1) is 13.5. The second-order valence-electron chi connectivity index (χ2n) is 6.41. The largest absolute Gasteiger partial charge is 0.463 e. The fourth-order valence-electron chi connectivity index (χ4n) is 3.54. The number of para-hydroxylation sites is 2. The Bertz CT molecular complexity index is 1130. The number of nitro groups is 1. The topological polar surface area (TPSA) is 99.3 Å². The van der Waals surface area contributed by atoms with Gasteiger partial charge in [0.25, 0.3) is 5.69 Å². The minimum Gasteiger partial charge on any atom is -0.463 e. The number of allylic oxidation sites excluding steroid dienone is 1. The van der Waals surface area contributed by atoms with Crippen LogP contribution in [0.1, 0.15) is 25.5 Å². The van der Waals surface area contributed by atoms with E-state index < -0.39 is 16.9 Å². The third kappa shape index (κ3) is 2.79. The van der Waals surface area contributed by atoms with Gasteiger partial charge in [0, 0.05) is 17.8 Å². The standard InChI is InChI=1S/C20H18N4O4/c1-3-28-19(25)17-12(2)23-16-10-5-4-9-15(16)21-20(23)22-18(17)13-7-6-8-14(11-13)24(26)27/h4-11,18H,3H2,1-2H3,(H,21,22)/t18-/m1/s1. The van der Waals surface area contributed by atoms with Crippen molar-refractivity contribution in [2.75, 3.05) is 11.9 Å². The average Bonchev–Trinajstić information content (AvgIpc) is 3.06. The molecule has 1 atom stereocenters. The van der Waals surface area contributed by atoms with Gasteiger partial charge in [-0.05, 0) is 31.5 Å². The predicted octanol–water partition coefficient (Wildman–Crippen LogP) is 3.91. The van der Waals surface area contributed by atoms with Crippen LogP contribution in [-0.4, -0.2) is 27.1 Å². The van der Waals surface area contributed by atoms with Crippen LogP contribution in [0.2, 0.25) is 0 Å². The summed E-state index contributed by atoms with van der Waals surface area (Å²) in [5.74, 6) is 0.107. The molecule has 2 aromatic carbocycles. The number of non-ortho nitro benzene ring substituents is 1. The molecule has 0 radical (unpaired) electrons. The van der Waals surface area contributed by atoms with Crippen LogP contribution in [-0.2, 0) is 9.53 Å². The Morgan fingerprint density at radius 3 is 2.82 bits per heavy atom. The van der Waals surface area contributed by atoms with Gasteiger partial charge in [-0.3, -0.25) is 14.7 Å². The number of rotatable bonds is 4. The van der Waals surface area contributed by atoms with Crippen molar-refractivity contribution in [2.24, 2.45) is 0 Å². The molecule has 8 nitrogen and oxygen atoms in total. The van der Waals surface area contributed by atoms with Crippen molar-refractivity contribution in [3.63, 3.8) is 0 Å². The summed E-state index contributed by atoms with van der Waals surface area (Å²) in [6.07, 6.45) is 0. The molecule has 28 heavy (non-hydrogen) atoms. The first-order valence-electron chi connectivity index (χ1n) is 8.88. The third-order valence-corrected chi connectivity index (χ3v) is 4.76. The zero-order chi connectivity index (χ0) is 19.8. The highest BCUT2D eigenvalue weighted by Crippen LogP contribution is 2.39. The number of esters is 1. The number of fused-ring (bicyclic) bond motifs is 3. The first kappa shape index (κ1) is 17.7. The van der Waals surface area contributed by atoms with E-state index in [2.05, 4.69) is 10.3 Å². The maximum absolute atomic E-state index is 12.8. The minimum absolute atomic E-state index is 0.0424. The summed E-state index contributed by atoms with van der Waals surface area (Å²) >= 11 is 0. The summed E-state index contributed by atoms with van der Waals surface area (Å²) in [5, 5.41) is 14.5. The third-order valence-electron chi connectivity index (χ3n) is 4.76. The monoisotopic (exact) mass is 378 g/mol. The smallest absolute Gasteiger partial charge is 0.338 e. The van der Waals surface area contributed by atoms with Crippen molar-refractivity contribution >= 4 is 34.3 Å². The highest BCUT2D eigenvalue weighted by Gasteiger charge is 2.34. The summed E-state index contributed by atoms with van der Waals surface area (Å²) in [7, 11) is 0. The van der Waals surface area contributed by atoms with Crippen LogP contribution >= 0.6 is 0 Å². The van der Waals surface area contributed by atoms with Gasteiger partial charge >= 0.3 is 5.97 Å². The lowest BCUT2D eigenvalue weighted by atomic mass is 9.95. The van der Waals surface area contributed by atoms with Gasteiger partial charge in [0.15, 0.2) is 0 Å². The Morgan fingerprint density at radius 2 is 2.07 bits per heavy atom. The number of hydrogen-bond donors (Lipinski definition) is 1. The van der Waals surface area contributed by atoms with Crippen molar-refractivity contribution in [3.05, 3.63) is 69.8 Å². The lowest BCUT2D eigenvalue weighted by Crippen LogP contribution is -2.28. The van der Waals surface area contributed by atoms with Crippen molar-refractivity contribution in [1.29, 1.82) is 0 Å². The van der Waals surface area contributed by atoms with Gasteiger partial charge in [-0.15, -0.1) is 0 Å². The molecule has 142 valence electrons. The number of carbonyl (C=O) groups excluding carboxylic acids is 1. The number of hydrogen-bond acceptors (Lipinski definition) is 6. The van der Waals surface area contributed by atoms with E-state index in [1.54, 1.807) is 19.1 Å². The molecule has 3 aromatic rings. The molecule has 2 heterocycles. The molecule has 0 saturated heterocycles. The fraction of sp³-hybridized carbons (Fsp3) is 0.200. The van der Waals surface area contributed by atoms with Crippen LogP contribution in [0.25, 0.3) is 16.7 Å². The number of nitro benzene ring substituents is 1. The zero-order valence-corrected chi connectivity index (χ0v) is 15.4. The molecule has 1 aliphatic heterocycles. The zero-order valence-electron chi connectivity index (χ0n) is 15.4. The van der Waals surface area contributed by atoms with Crippen LogP contribution in [0.5, 0.6) is 0 Å². The van der Waals surface area contributed by atoms with Crippen LogP contribution in [0, 0.1) is 10.1 Å². The molecule has 0 fully saturated rings. The van der Waals surface area contributed by atoms with Gasteiger partial charge in [0.05, 0.1) is 34.2 Å². The predicted molar refractivity (Wildman–Crippen MR) is 105 cm³/mol. The lowest BCUT2D eigenvalue weighted by Gasteiger charge is -2.29. The number of imidazole rings is 1. The molecular formula is C20H18N4O4. The van der Waals surface area contributed by atoms with E-state index in [1.807, 2.05) is 35.8 Å². The van der Waals surface area contributed by atoms with Gasteiger partial charge in [0.2, 0.25) is 5.95 Å². The normalized spacial score (nSPS) is 15.9. The highest BCUT2D eigenvalue weighted by atomic mass is 16.6. The second kappa shape index (κ2) is 6.80. The quantitative estimate of drug-likeness (QED) is 0.420. The molecule has 0 unspecified atom stereocenters. The van der Waals surface area contributed by atoms with Crippen LogP contribution in [0.3, 0.4) is 0 Å². The molecule has 4 rings (SSSR count). The summed E-state index contributed by atoms with van der Waals surface area (Å²) in [6, 6.07) is 13.2. The molecule has 8 heteroatoms. The summed E-state index contributed by atoms with van der Waals surface area (Å²) in [5.41, 5.74) is 3.28. The maximum atomic E-state index is 12.8. The van der Waals surface area contributed by atoms with E-state index in [9.17, 15) is 14.9 Å². The maximum Gasteiger partial charge on any atom is 0.338 e. The first-order valence-corrected chi connectivity index (χ1v) is 8.88. The Labute approximate surface area is 160 Å². The number of nitrogens with zero attached hydrogens (tertiary/aromatic N) is 3. The van der Waals surface area contributed by atoms with Gasteiger partial charge in [-0.1, -0.05) is 24.3 Å². The van der Waals surface area contributed by atoms with Crippen molar-refractivity contribution in [2.45, 2.75) is 19.9 Å². The molecule has 1 N–H and O–H groups in total. The number of ether oxygens (including phenoxy) is 1. The molecule has 1 aromatic heterocycles. The van der Waals surface area contributed by atoms with E-state index in [0.29, 0.717) is 22.8 Å². The molecule has 0 aliphatic carbocycles. The number of carbonyl (C=O) groups is 1. The number of nitrogens with one attached hydrogen (secondary N) is 1. The molecule has 0 bridgehead atoms. The minimum atomic E-state index is -0.608. The Hall–Kier alpha value is -3.68. The van der Waals surface area contributed by atoms with E-state index in [0.717, 1.165) is 11.0 Å². The van der Waals surface area contributed by atoms with Gasteiger partial charge < -0.3 is 10.1 Å². The number of aromatic nitrogens is 2. The van der Waals surface area contributed by atoms with E-state index in [4.69, 9.17) is 4.74 Å². The number of anilines is 1. The van der Waals surface area contributed by atoms with E-state index in [1.165, 1.54) is 12.1 Å². The Balaban J connectivity index is 1.92. The van der Waals surface area contributed by atoms with E-state index >= 15 is 0 Å². The van der Waals surface area contributed by atoms with Gasteiger partial charge in [0.1, 0.15) is 0 Å². The SMILES string of the molecule is CCOC(=O)C1=C(C)n2c(nc3ccccc32)N[C@@H]1c1cccc([N+](=O)[O-])c1. The van der Waals surface area contributed by atoms with Crippen LogP contribution in [0.15, 0.2) is 54.1 Å². The van der Waals surface area contributed by atoms with Crippen LogP contribution in [0.4, 0.5) is 11.6 Å². The Kier molecular flexibility index (Phi) is 4.31. The molecule has 1 aliphatic rings. The van der Waals surface area contributed by atoms with Crippen molar-refractivity contribution in [1.82, 2.24) is 9.55 Å². The molecule has 0 amide bonds. The van der Waals surface area contributed by atoms with Crippen LogP contribution < -0.4 is 5.32 Å². The number of benzene rings is 2. The van der Waals surface area contributed by atoms with Gasteiger partial charge in [-0.25, -0.2) is 9.78 Å². The summed E-state index contributed by atoms with van der Waals surface area (Å²) in [6.45, 7) is 3.80. The highest BCUT2D eigenvalue weighted by molar-refractivity contribution is 6.00. The molecule has 0 spiro atoms. The Morgan fingerprint density at radius 1 is 1.29 bits per heavy atom. The summed E-state index contributed by atoms with van der Waals surface area (Å²) in [4.78, 5) is 28.1.